The summed E-state index contributed by atoms with van der Waals surface area (Å²) in [4.78, 5) is 16.1. The molecule has 0 bridgehead atoms. The number of hydrogen-bond donors (Lipinski definition) is 2. The molecule has 2 N–H and O–H groups in total. The largest absolute Gasteiger partial charge is 0.356 e. The molecule has 0 fully saturated rings. The predicted molar refractivity (Wildman–Crippen MR) is 105 cm³/mol. The Hall–Kier alpha value is -2.77. The summed E-state index contributed by atoms with van der Waals surface area (Å²) in [5.41, 5.74) is 1.04. The fourth-order valence-electron chi connectivity index (χ4n) is 2.70. The van der Waals surface area contributed by atoms with E-state index in [0.29, 0.717) is 13.0 Å². The molecule has 140 valence electrons. The lowest BCUT2D eigenvalue weighted by molar-refractivity contribution is -0.120. The van der Waals surface area contributed by atoms with Gasteiger partial charge < -0.3 is 5.32 Å². The van der Waals surface area contributed by atoms with E-state index in [1.54, 1.807) is 30.6 Å². The number of carbonyl (C=O) groups excluding carboxylic acids is 1. The number of fused-ring (bicyclic) bond motifs is 1. The lowest BCUT2D eigenvalue weighted by Crippen LogP contribution is -2.31. The first-order valence-corrected chi connectivity index (χ1v) is 10.2. The predicted octanol–water partition coefficient (Wildman–Crippen LogP) is 2.26. The summed E-state index contributed by atoms with van der Waals surface area (Å²) in [7, 11) is -3.65. The van der Waals surface area contributed by atoms with Gasteiger partial charge in [-0.1, -0.05) is 36.4 Å². The second-order valence-electron chi connectivity index (χ2n) is 6.12. The van der Waals surface area contributed by atoms with Crippen molar-refractivity contribution in [1.29, 1.82) is 0 Å². The molecule has 0 unspecified atom stereocenters. The van der Waals surface area contributed by atoms with Crippen molar-refractivity contribution < 1.29 is 13.2 Å². The smallest absolute Gasteiger partial charge is 0.240 e. The number of nitrogens with zero attached hydrogens (tertiary/aromatic N) is 1. The molecule has 0 saturated carbocycles. The van der Waals surface area contributed by atoms with E-state index in [2.05, 4.69) is 15.0 Å². The Balaban J connectivity index is 1.47. The van der Waals surface area contributed by atoms with Gasteiger partial charge in [-0.05, 0) is 41.0 Å². The molecule has 0 aliphatic heterocycles. The van der Waals surface area contributed by atoms with E-state index in [-0.39, 0.29) is 23.8 Å². The van der Waals surface area contributed by atoms with Crippen LogP contribution in [-0.4, -0.2) is 32.4 Å². The number of carbonyl (C=O) groups is 1. The molecule has 7 heteroatoms. The van der Waals surface area contributed by atoms with Crippen molar-refractivity contribution in [3.05, 3.63) is 72.6 Å². The van der Waals surface area contributed by atoms with Crippen LogP contribution in [-0.2, 0) is 21.2 Å². The maximum absolute atomic E-state index is 12.4. The lowest BCUT2D eigenvalue weighted by Gasteiger charge is -2.08. The third-order valence-corrected chi connectivity index (χ3v) is 5.59. The normalized spacial score (nSPS) is 11.4. The summed E-state index contributed by atoms with van der Waals surface area (Å²) >= 11 is 0. The topological polar surface area (TPSA) is 88.2 Å². The molecule has 6 nitrogen and oxygen atoms in total. The molecule has 3 rings (SSSR count). The number of hydrogen-bond acceptors (Lipinski definition) is 4. The lowest BCUT2D eigenvalue weighted by atomic mass is 10.1. The van der Waals surface area contributed by atoms with Crippen LogP contribution >= 0.6 is 0 Å². The van der Waals surface area contributed by atoms with Gasteiger partial charge in [-0.3, -0.25) is 9.78 Å². The second-order valence-corrected chi connectivity index (χ2v) is 7.88. The number of pyridine rings is 1. The van der Waals surface area contributed by atoms with Crippen LogP contribution in [0, 0.1) is 0 Å². The first kappa shape index (κ1) is 19.0. The number of nitrogens with one attached hydrogen (secondary N) is 2. The molecule has 2 aromatic carbocycles. The second kappa shape index (κ2) is 8.75. The van der Waals surface area contributed by atoms with Crippen molar-refractivity contribution >= 4 is 26.7 Å². The zero-order valence-electron chi connectivity index (χ0n) is 14.8. The molecule has 0 radical (unpaired) electrons. The van der Waals surface area contributed by atoms with E-state index in [1.807, 2.05) is 36.4 Å². The molecule has 1 amide bonds. The molecule has 1 aromatic heterocycles. The first-order chi connectivity index (χ1) is 13.0. The average Bonchev–Trinajstić information content (AvgIpc) is 2.68. The van der Waals surface area contributed by atoms with Crippen LogP contribution in [0.2, 0.25) is 0 Å². The van der Waals surface area contributed by atoms with E-state index in [9.17, 15) is 13.2 Å². The third kappa shape index (κ3) is 5.35. The van der Waals surface area contributed by atoms with Gasteiger partial charge in [0.2, 0.25) is 15.9 Å². The third-order valence-electron chi connectivity index (χ3n) is 4.13. The van der Waals surface area contributed by atoms with Crippen LogP contribution in [0.15, 0.2) is 71.9 Å². The highest BCUT2D eigenvalue weighted by Crippen LogP contribution is 2.18. The number of amides is 1. The van der Waals surface area contributed by atoms with E-state index < -0.39 is 10.0 Å². The van der Waals surface area contributed by atoms with Gasteiger partial charge in [0.15, 0.2) is 0 Å². The van der Waals surface area contributed by atoms with Crippen molar-refractivity contribution in [2.24, 2.45) is 0 Å². The molecular weight excluding hydrogens is 362 g/mol. The van der Waals surface area contributed by atoms with E-state index in [4.69, 9.17) is 0 Å². The minimum atomic E-state index is -3.65. The highest BCUT2D eigenvalue weighted by Gasteiger charge is 2.14. The van der Waals surface area contributed by atoms with Gasteiger partial charge in [0.1, 0.15) is 0 Å². The maximum Gasteiger partial charge on any atom is 0.240 e. The monoisotopic (exact) mass is 383 g/mol. The molecule has 0 saturated heterocycles. The molecule has 3 aromatic rings. The minimum Gasteiger partial charge on any atom is -0.356 e. The molecule has 0 aliphatic rings. The van der Waals surface area contributed by atoms with Gasteiger partial charge >= 0.3 is 0 Å². The van der Waals surface area contributed by atoms with Crippen molar-refractivity contribution in [2.75, 3.05) is 13.1 Å². The Morgan fingerprint density at radius 2 is 1.78 bits per heavy atom. The zero-order valence-corrected chi connectivity index (χ0v) is 15.6. The fourth-order valence-corrected chi connectivity index (χ4v) is 3.76. The Kier molecular flexibility index (Phi) is 6.16. The van der Waals surface area contributed by atoms with E-state index in [1.165, 1.54) is 0 Å². The summed E-state index contributed by atoms with van der Waals surface area (Å²) in [5, 5.41) is 4.61. The summed E-state index contributed by atoms with van der Waals surface area (Å²) in [6.45, 7) is 0.538. The van der Waals surface area contributed by atoms with Crippen LogP contribution < -0.4 is 10.0 Å². The van der Waals surface area contributed by atoms with Crippen molar-refractivity contribution in [1.82, 2.24) is 15.0 Å². The highest BCUT2D eigenvalue weighted by molar-refractivity contribution is 7.89. The molecule has 27 heavy (non-hydrogen) atoms. The number of benzene rings is 2. The number of rotatable bonds is 8. The van der Waals surface area contributed by atoms with Crippen molar-refractivity contribution in [3.8, 4) is 0 Å². The molecule has 0 spiro atoms. The average molecular weight is 383 g/mol. The van der Waals surface area contributed by atoms with Gasteiger partial charge in [0.05, 0.1) is 4.90 Å². The quantitative estimate of drug-likeness (QED) is 0.625. The van der Waals surface area contributed by atoms with Gasteiger partial charge in [-0.15, -0.1) is 0 Å². The summed E-state index contributed by atoms with van der Waals surface area (Å²) in [6, 6.07) is 16.3. The van der Waals surface area contributed by atoms with Crippen LogP contribution in [0.1, 0.15) is 12.0 Å². The number of sulfonamides is 1. The van der Waals surface area contributed by atoms with Gasteiger partial charge in [0.25, 0.3) is 0 Å². The SMILES string of the molecule is O=C(CCNS(=O)(=O)c1ccc2ccccc2c1)NCCc1cccnc1. The van der Waals surface area contributed by atoms with Crippen LogP contribution in [0.4, 0.5) is 0 Å². The van der Waals surface area contributed by atoms with Crippen LogP contribution in [0.3, 0.4) is 0 Å². The van der Waals surface area contributed by atoms with Crippen LogP contribution in [0.5, 0.6) is 0 Å². The van der Waals surface area contributed by atoms with Gasteiger partial charge in [0, 0.05) is 31.9 Å². The van der Waals surface area contributed by atoms with Gasteiger partial charge in [-0.25, -0.2) is 13.1 Å². The summed E-state index contributed by atoms with van der Waals surface area (Å²) in [6.07, 6.45) is 4.22. The summed E-state index contributed by atoms with van der Waals surface area (Å²) in [5.74, 6) is -0.194. The fraction of sp³-hybridized carbons (Fsp3) is 0.200. The van der Waals surface area contributed by atoms with Crippen LogP contribution in [0.25, 0.3) is 10.8 Å². The molecule has 0 atom stereocenters. The maximum atomic E-state index is 12.4. The highest BCUT2D eigenvalue weighted by atomic mass is 32.2. The minimum absolute atomic E-state index is 0.0495. The van der Waals surface area contributed by atoms with E-state index in [0.717, 1.165) is 16.3 Å². The Bertz CT molecular complexity index is 1020. The number of aromatic nitrogens is 1. The molecule has 0 aliphatic carbocycles. The zero-order chi connectivity index (χ0) is 19.1. The Labute approximate surface area is 158 Å². The molecular formula is C20H21N3O3S. The standard InChI is InChI=1S/C20H21N3O3S/c24-20(22-12-9-16-4-3-11-21-15-16)10-13-23-27(25,26)19-8-7-17-5-1-2-6-18(17)14-19/h1-8,11,14-15,23H,9-10,12-13H2,(H,22,24). The van der Waals surface area contributed by atoms with Gasteiger partial charge in [-0.2, -0.15) is 0 Å². The van der Waals surface area contributed by atoms with Crippen molar-refractivity contribution in [3.63, 3.8) is 0 Å². The molecule has 1 heterocycles. The summed E-state index contributed by atoms with van der Waals surface area (Å²) < 4.78 is 27.3. The Morgan fingerprint density at radius 1 is 0.963 bits per heavy atom. The van der Waals surface area contributed by atoms with E-state index >= 15 is 0 Å². The van der Waals surface area contributed by atoms with Crippen molar-refractivity contribution in [2.45, 2.75) is 17.7 Å². The first-order valence-electron chi connectivity index (χ1n) is 8.69. The Morgan fingerprint density at radius 3 is 2.56 bits per heavy atom.